The van der Waals surface area contributed by atoms with Gasteiger partial charge in [0.05, 0.1) is 22.1 Å². The minimum Gasteiger partial charge on any atom is -0.311 e. The van der Waals surface area contributed by atoms with E-state index >= 15 is 0 Å². The summed E-state index contributed by atoms with van der Waals surface area (Å²) in [6.45, 7) is 16.2. The standard InChI is InChI=1S/C60H41N3.C6H8.C4H8.C3H6/c1-4-15-42(16-5-1)44-27-33-49(34-28-44)61(48-20-8-3-9-21-48)50-35-31-46(32-36-50)47-19-14-22-52(41-47)63-56-25-12-10-23-53(56)54-39-40-58-59(60(54)63)55-24-11-13-26-57(55)62(58)51-37-29-45(30-38-51)43-17-6-2-7-18-43;1-3-5-6-4-2;1-3-4-2;1-3-2/h1-41H;3-6H,1-2H2;3-4H,1-2H3;3H,1H2,2H3/b;6-5-;4-3-;. The molecule has 0 atom stereocenters. The first-order chi connectivity index (χ1) is 37.5. The van der Waals surface area contributed by atoms with Crippen molar-refractivity contribution in [1.82, 2.24) is 9.13 Å². The highest BCUT2D eigenvalue weighted by Gasteiger charge is 2.21. The topological polar surface area (TPSA) is 13.1 Å². The van der Waals surface area contributed by atoms with Gasteiger partial charge in [-0.15, -0.1) is 6.58 Å². The average Bonchev–Trinajstić information content (AvgIpc) is 4.02. The third-order valence-electron chi connectivity index (χ3n) is 13.2. The van der Waals surface area contributed by atoms with Crippen LogP contribution in [0.1, 0.15) is 20.8 Å². The van der Waals surface area contributed by atoms with Gasteiger partial charge in [0.15, 0.2) is 0 Å². The number of rotatable bonds is 10. The van der Waals surface area contributed by atoms with Crippen molar-refractivity contribution in [2.75, 3.05) is 4.90 Å². The molecule has 0 amide bonds. The Balaban J connectivity index is 0.000000490. The predicted octanol–water partition coefficient (Wildman–Crippen LogP) is 21.0. The summed E-state index contributed by atoms with van der Waals surface area (Å²) in [4.78, 5) is 2.33. The number of hydrogen-bond donors (Lipinski definition) is 0. The van der Waals surface area contributed by atoms with E-state index in [9.17, 15) is 0 Å². The van der Waals surface area contributed by atoms with Crippen molar-refractivity contribution in [1.29, 1.82) is 0 Å². The van der Waals surface area contributed by atoms with Crippen LogP contribution in [0.15, 0.2) is 311 Å². The molecule has 3 heteroatoms. The maximum Gasteiger partial charge on any atom is 0.0641 e. The van der Waals surface area contributed by atoms with E-state index in [1.807, 2.05) is 45.1 Å². The Morgan fingerprint density at radius 1 is 0.329 bits per heavy atom. The van der Waals surface area contributed by atoms with Gasteiger partial charge in [0, 0.05) is 50.0 Å². The number of hydrogen-bond acceptors (Lipinski definition) is 1. The molecule has 76 heavy (non-hydrogen) atoms. The highest BCUT2D eigenvalue weighted by molar-refractivity contribution is 6.26. The largest absolute Gasteiger partial charge is 0.311 e. The van der Waals surface area contributed by atoms with Crippen LogP contribution in [0.3, 0.4) is 0 Å². The minimum absolute atomic E-state index is 1.10. The zero-order chi connectivity index (χ0) is 52.6. The lowest BCUT2D eigenvalue weighted by molar-refractivity contribution is 1.17. The molecule has 0 unspecified atom stereocenters. The lowest BCUT2D eigenvalue weighted by Crippen LogP contribution is -2.09. The molecular formula is C73H63N3. The van der Waals surface area contributed by atoms with E-state index in [4.69, 9.17) is 0 Å². The second kappa shape index (κ2) is 24.8. The molecule has 0 saturated heterocycles. The predicted molar refractivity (Wildman–Crippen MR) is 332 cm³/mol. The monoisotopic (exact) mass is 982 g/mol. The average molecular weight is 982 g/mol. The summed E-state index contributed by atoms with van der Waals surface area (Å²) in [7, 11) is 0. The van der Waals surface area contributed by atoms with E-state index in [0.29, 0.717) is 0 Å². The number of benzene rings is 10. The molecule has 0 aliphatic heterocycles. The van der Waals surface area contributed by atoms with Gasteiger partial charge in [-0.1, -0.05) is 226 Å². The summed E-state index contributed by atoms with van der Waals surface area (Å²) in [6.07, 6.45) is 12.8. The number of para-hydroxylation sites is 3. The molecule has 0 bridgehead atoms. The molecule has 0 aliphatic rings. The first-order valence-electron chi connectivity index (χ1n) is 25.9. The van der Waals surface area contributed by atoms with Crippen LogP contribution >= 0.6 is 0 Å². The molecular weight excluding hydrogens is 919 g/mol. The molecule has 370 valence electrons. The number of fused-ring (bicyclic) bond motifs is 7. The summed E-state index contributed by atoms with van der Waals surface area (Å²) in [5.41, 5.74) is 17.5. The van der Waals surface area contributed by atoms with Gasteiger partial charge < -0.3 is 14.0 Å². The Labute approximate surface area is 448 Å². The SMILES string of the molecule is C/C=C\C.C=C/C=C\C=C.C=CC.c1ccc(-c2ccc(N(c3ccccc3)c3ccc(-c4cccc(-n5c6ccccc6c6ccc7c(c8ccccc8n7-c7ccc(-c8ccccc8)cc7)c65)c4)cc3)cc2)cc1. The van der Waals surface area contributed by atoms with Crippen LogP contribution in [0.4, 0.5) is 17.1 Å². The first kappa shape index (κ1) is 51.2. The van der Waals surface area contributed by atoms with Crippen molar-refractivity contribution in [2.24, 2.45) is 0 Å². The fourth-order valence-corrected chi connectivity index (χ4v) is 9.73. The zero-order valence-corrected chi connectivity index (χ0v) is 43.7. The van der Waals surface area contributed by atoms with Crippen molar-refractivity contribution in [3.63, 3.8) is 0 Å². The third-order valence-corrected chi connectivity index (χ3v) is 13.2. The summed E-state index contributed by atoms with van der Waals surface area (Å²) in [6, 6.07) is 89.9. The molecule has 2 heterocycles. The second-order valence-electron chi connectivity index (χ2n) is 18.1. The van der Waals surface area contributed by atoms with Crippen molar-refractivity contribution >= 4 is 60.7 Å². The van der Waals surface area contributed by atoms with Crippen molar-refractivity contribution in [2.45, 2.75) is 20.8 Å². The number of aromatic nitrogens is 2. The van der Waals surface area contributed by atoms with Gasteiger partial charge in [0.25, 0.3) is 0 Å². The maximum absolute atomic E-state index is 3.46. The first-order valence-corrected chi connectivity index (χ1v) is 25.9. The maximum atomic E-state index is 3.46. The normalized spacial score (nSPS) is 10.9. The van der Waals surface area contributed by atoms with Crippen molar-refractivity contribution in [3.8, 4) is 44.8 Å². The molecule has 2 aromatic heterocycles. The summed E-state index contributed by atoms with van der Waals surface area (Å²) in [5.74, 6) is 0. The van der Waals surface area contributed by atoms with E-state index in [0.717, 1.165) is 39.6 Å². The summed E-state index contributed by atoms with van der Waals surface area (Å²) in [5, 5.41) is 4.97. The van der Waals surface area contributed by atoms with Gasteiger partial charge in [0.2, 0.25) is 0 Å². The molecule has 0 saturated carbocycles. The molecule has 12 rings (SSSR count). The Morgan fingerprint density at radius 3 is 1.28 bits per heavy atom. The van der Waals surface area contributed by atoms with Gasteiger partial charge in [-0.25, -0.2) is 0 Å². The molecule has 0 fully saturated rings. The number of anilines is 3. The minimum atomic E-state index is 1.10. The molecule has 0 N–H and O–H groups in total. The van der Waals surface area contributed by atoms with Crippen LogP contribution < -0.4 is 4.90 Å². The molecule has 12 aromatic rings. The third kappa shape index (κ3) is 11.0. The smallest absolute Gasteiger partial charge is 0.0641 e. The molecule has 10 aromatic carbocycles. The lowest BCUT2D eigenvalue weighted by Gasteiger charge is -2.26. The van der Waals surface area contributed by atoms with Crippen LogP contribution in [0.2, 0.25) is 0 Å². The Kier molecular flexibility index (Phi) is 16.7. The van der Waals surface area contributed by atoms with E-state index in [1.165, 1.54) is 65.9 Å². The highest BCUT2D eigenvalue weighted by Crippen LogP contribution is 2.43. The van der Waals surface area contributed by atoms with Crippen LogP contribution in [-0.2, 0) is 0 Å². The molecule has 0 radical (unpaired) electrons. The van der Waals surface area contributed by atoms with Gasteiger partial charge in [-0.2, -0.15) is 0 Å². The summed E-state index contributed by atoms with van der Waals surface area (Å²) < 4.78 is 4.91. The van der Waals surface area contributed by atoms with Crippen LogP contribution in [0.5, 0.6) is 0 Å². The molecule has 0 spiro atoms. The zero-order valence-electron chi connectivity index (χ0n) is 43.7. The fourth-order valence-electron chi connectivity index (χ4n) is 9.73. The van der Waals surface area contributed by atoms with Crippen LogP contribution in [-0.4, -0.2) is 9.13 Å². The number of nitrogens with zero attached hydrogens (tertiary/aromatic N) is 3. The van der Waals surface area contributed by atoms with E-state index in [2.05, 4.69) is 282 Å². The van der Waals surface area contributed by atoms with Gasteiger partial charge in [-0.3, -0.25) is 0 Å². The van der Waals surface area contributed by atoms with Gasteiger partial charge in [-0.05, 0) is 133 Å². The van der Waals surface area contributed by atoms with Gasteiger partial charge in [0.1, 0.15) is 0 Å². The van der Waals surface area contributed by atoms with Crippen molar-refractivity contribution < 1.29 is 0 Å². The van der Waals surface area contributed by atoms with Crippen molar-refractivity contribution in [3.05, 3.63) is 311 Å². The van der Waals surface area contributed by atoms with E-state index < -0.39 is 0 Å². The van der Waals surface area contributed by atoms with Crippen LogP contribution in [0.25, 0.3) is 88.4 Å². The molecule has 3 nitrogen and oxygen atoms in total. The highest BCUT2D eigenvalue weighted by atomic mass is 15.1. The van der Waals surface area contributed by atoms with E-state index in [-0.39, 0.29) is 0 Å². The fraction of sp³-hybridized carbons (Fsp3) is 0.0411. The van der Waals surface area contributed by atoms with E-state index in [1.54, 1.807) is 18.2 Å². The Hall–Kier alpha value is -9.70. The second-order valence-corrected chi connectivity index (χ2v) is 18.1. The Bertz CT molecular complexity index is 3900. The lowest BCUT2D eigenvalue weighted by atomic mass is 10.0. The molecule has 0 aliphatic carbocycles. The Morgan fingerprint density at radius 2 is 0.750 bits per heavy atom. The number of allylic oxidation sites excluding steroid dienone is 7. The quantitative estimate of drug-likeness (QED) is 0.0983. The summed E-state index contributed by atoms with van der Waals surface area (Å²) >= 11 is 0. The van der Waals surface area contributed by atoms with Gasteiger partial charge >= 0.3 is 0 Å². The van der Waals surface area contributed by atoms with Crippen LogP contribution in [0, 0.1) is 0 Å².